The fourth-order valence-corrected chi connectivity index (χ4v) is 4.21. The van der Waals surface area contributed by atoms with Gasteiger partial charge in [0.2, 0.25) is 5.89 Å². The van der Waals surface area contributed by atoms with Crippen LogP contribution < -0.4 is 4.74 Å². The van der Waals surface area contributed by atoms with Gasteiger partial charge in [0.25, 0.3) is 0 Å². The van der Waals surface area contributed by atoms with Gasteiger partial charge in [-0.05, 0) is 68.4 Å². The molecule has 32 heavy (non-hydrogen) atoms. The summed E-state index contributed by atoms with van der Waals surface area (Å²) in [6, 6.07) is 16.2. The molecule has 0 atom stereocenters. The molecule has 3 aromatic rings. The van der Waals surface area contributed by atoms with E-state index in [1.54, 1.807) is 0 Å². The number of hydrogen-bond acceptors (Lipinski definition) is 4. The summed E-state index contributed by atoms with van der Waals surface area (Å²) in [5, 5.41) is 8.84. The van der Waals surface area contributed by atoms with Gasteiger partial charge in [0.05, 0.1) is 12.3 Å². The van der Waals surface area contributed by atoms with Gasteiger partial charge < -0.3 is 14.3 Å². The maximum Gasteiger partial charge on any atom is 0.303 e. The van der Waals surface area contributed by atoms with E-state index in [1.165, 1.54) is 16.7 Å². The summed E-state index contributed by atoms with van der Waals surface area (Å²) in [6.07, 6.45) is 7.66. The smallest absolute Gasteiger partial charge is 0.303 e. The molecule has 1 aromatic heterocycles. The van der Waals surface area contributed by atoms with Crippen LogP contribution in [0, 0.1) is 6.92 Å². The Morgan fingerprint density at radius 1 is 1.09 bits per heavy atom. The number of hydrogen-bond donors (Lipinski definition) is 1. The Bertz CT molecular complexity index is 1100. The van der Waals surface area contributed by atoms with Gasteiger partial charge in [-0.3, -0.25) is 4.79 Å². The van der Waals surface area contributed by atoms with Crippen molar-refractivity contribution in [1.29, 1.82) is 0 Å². The molecule has 1 aliphatic carbocycles. The minimum absolute atomic E-state index is 0.233. The van der Waals surface area contributed by atoms with Crippen molar-refractivity contribution in [2.24, 2.45) is 0 Å². The highest BCUT2D eigenvalue weighted by molar-refractivity contribution is 5.72. The number of carboxylic acid groups (broad SMARTS) is 1. The largest absolute Gasteiger partial charge is 0.493 e. The van der Waals surface area contributed by atoms with Crippen LogP contribution in [0.3, 0.4) is 0 Å². The van der Waals surface area contributed by atoms with E-state index < -0.39 is 5.97 Å². The normalized spacial score (nSPS) is 12.8. The number of aromatic nitrogens is 1. The number of allylic oxidation sites excluding steroid dienone is 2. The number of aliphatic carboxylic acids is 1. The lowest BCUT2D eigenvalue weighted by Crippen LogP contribution is -2.08. The molecule has 0 spiro atoms. The molecule has 0 aliphatic heterocycles. The second-order valence-corrected chi connectivity index (χ2v) is 8.14. The van der Waals surface area contributed by atoms with E-state index in [9.17, 15) is 4.79 Å². The molecule has 5 nitrogen and oxygen atoms in total. The SMILES string of the molecule is Cc1oc(-c2ccccc2)nc1CCOc1cccc2c1CCC=C2CCCCC(=O)O. The average Bonchev–Trinajstić information content (AvgIpc) is 3.18. The second-order valence-electron chi connectivity index (χ2n) is 8.14. The summed E-state index contributed by atoms with van der Waals surface area (Å²) in [5.41, 5.74) is 5.70. The lowest BCUT2D eigenvalue weighted by atomic mass is 9.87. The lowest BCUT2D eigenvalue weighted by Gasteiger charge is -2.21. The van der Waals surface area contributed by atoms with E-state index in [0.717, 1.165) is 48.5 Å². The van der Waals surface area contributed by atoms with E-state index in [4.69, 9.17) is 14.3 Å². The van der Waals surface area contributed by atoms with Crippen molar-refractivity contribution in [2.45, 2.75) is 51.9 Å². The summed E-state index contributed by atoms with van der Waals surface area (Å²) < 4.78 is 12.1. The van der Waals surface area contributed by atoms with Crippen molar-refractivity contribution in [1.82, 2.24) is 4.98 Å². The van der Waals surface area contributed by atoms with Crippen molar-refractivity contribution in [3.05, 3.63) is 77.2 Å². The van der Waals surface area contributed by atoms with Crippen LogP contribution in [0.15, 0.2) is 59.0 Å². The predicted octanol–water partition coefficient (Wildman–Crippen LogP) is 6.25. The molecule has 4 rings (SSSR count). The zero-order chi connectivity index (χ0) is 22.3. The Labute approximate surface area is 188 Å². The molecule has 1 aliphatic rings. The van der Waals surface area contributed by atoms with E-state index in [2.05, 4.69) is 17.1 Å². The number of fused-ring (bicyclic) bond motifs is 1. The molecule has 0 amide bonds. The number of ether oxygens (including phenoxy) is 1. The topological polar surface area (TPSA) is 72.6 Å². The highest BCUT2D eigenvalue weighted by Gasteiger charge is 2.17. The Hall–Kier alpha value is -3.34. The molecule has 1 N–H and O–H groups in total. The van der Waals surface area contributed by atoms with Crippen LogP contribution in [-0.4, -0.2) is 22.7 Å². The van der Waals surface area contributed by atoms with Crippen LogP contribution in [0.4, 0.5) is 0 Å². The van der Waals surface area contributed by atoms with Crippen molar-refractivity contribution in [3.63, 3.8) is 0 Å². The van der Waals surface area contributed by atoms with E-state index in [0.29, 0.717) is 25.3 Å². The molecular formula is C27H29NO4. The number of oxazole rings is 1. The first-order chi connectivity index (χ1) is 15.6. The van der Waals surface area contributed by atoms with Crippen molar-refractivity contribution >= 4 is 11.5 Å². The minimum Gasteiger partial charge on any atom is -0.493 e. The Morgan fingerprint density at radius 2 is 1.94 bits per heavy atom. The van der Waals surface area contributed by atoms with Crippen LogP contribution in [0.25, 0.3) is 17.0 Å². The highest BCUT2D eigenvalue weighted by Crippen LogP contribution is 2.35. The Morgan fingerprint density at radius 3 is 2.75 bits per heavy atom. The molecular weight excluding hydrogens is 402 g/mol. The monoisotopic (exact) mass is 431 g/mol. The van der Waals surface area contributed by atoms with Crippen LogP contribution in [-0.2, 0) is 17.6 Å². The van der Waals surface area contributed by atoms with E-state index in [-0.39, 0.29) is 6.42 Å². The number of carboxylic acids is 1. The van der Waals surface area contributed by atoms with Gasteiger partial charge in [0.15, 0.2) is 0 Å². The lowest BCUT2D eigenvalue weighted by molar-refractivity contribution is -0.137. The third-order valence-electron chi connectivity index (χ3n) is 5.86. The molecule has 5 heteroatoms. The van der Waals surface area contributed by atoms with Gasteiger partial charge in [0, 0.05) is 24.0 Å². The van der Waals surface area contributed by atoms with Crippen LogP contribution in [0.5, 0.6) is 5.75 Å². The molecule has 0 radical (unpaired) electrons. The Balaban J connectivity index is 1.38. The molecule has 0 fully saturated rings. The number of carbonyl (C=O) groups is 1. The van der Waals surface area contributed by atoms with Crippen molar-refractivity contribution in [2.75, 3.05) is 6.61 Å². The first-order valence-electron chi connectivity index (χ1n) is 11.3. The summed E-state index contributed by atoms with van der Waals surface area (Å²) >= 11 is 0. The summed E-state index contributed by atoms with van der Waals surface area (Å²) in [6.45, 7) is 2.48. The van der Waals surface area contributed by atoms with Gasteiger partial charge in [-0.25, -0.2) is 4.98 Å². The van der Waals surface area contributed by atoms with Gasteiger partial charge >= 0.3 is 5.97 Å². The molecule has 0 saturated heterocycles. The molecule has 166 valence electrons. The fraction of sp³-hybridized carbons (Fsp3) is 0.333. The van der Waals surface area contributed by atoms with Crippen LogP contribution >= 0.6 is 0 Å². The Kier molecular flexibility index (Phi) is 7.05. The molecule has 1 heterocycles. The summed E-state index contributed by atoms with van der Waals surface area (Å²) in [4.78, 5) is 15.4. The maximum atomic E-state index is 10.7. The predicted molar refractivity (Wildman–Crippen MR) is 125 cm³/mol. The number of aryl methyl sites for hydroxylation is 1. The standard InChI is InChI=1S/C27H29NO4/c1-19-24(28-27(32-19)21-10-3-2-4-11-21)17-18-31-25-15-8-13-22-20(12-7-14-23(22)25)9-5-6-16-26(29)30/h2-4,8,10-13,15H,5-7,9,14,16-18H2,1H3,(H,29,30). The zero-order valence-electron chi connectivity index (χ0n) is 18.5. The number of nitrogens with zero attached hydrogens (tertiary/aromatic N) is 1. The molecule has 0 bridgehead atoms. The number of benzene rings is 2. The van der Waals surface area contributed by atoms with Gasteiger partial charge in [-0.2, -0.15) is 0 Å². The highest BCUT2D eigenvalue weighted by atomic mass is 16.5. The first-order valence-corrected chi connectivity index (χ1v) is 11.3. The second kappa shape index (κ2) is 10.3. The van der Waals surface area contributed by atoms with Crippen molar-refractivity contribution in [3.8, 4) is 17.2 Å². The summed E-state index contributed by atoms with van der Waals surface area (Å²) in [5.74, 6) is 1.68. The van der Waals surface area contributed by atoms with Crippen LogP contribution in [0.1, 0.15) is 54.7 Å². The minimum atomic E-state index is -0.725. The third-order valence-corrected chi connectivity index (χ3v) is 5.86. The van der Waals surface area contributed by atoms with E-state index in [1.807, 2.05) is 49.4 Å². The molecule has 2 aromatic carbocycles. The zero-order valence-corrected chi connectivity index (χ0v) is 18.5. The number of rotatable bonds is 10. The summed E-state index contributed by atoms with van der Waals surface area (Å²) in [7, 11) is 0. The van der Waals surface area contributed by atoms with Gasteiger partial charge in [-0.15, -0.1) is 0 Å². The van der Waals surface area contributed by atoms with Crippen molar-refractivity contribution < 1.29 is 19.1 Å². The fourth-order valence-electron chi connectivity index (χ4n) is 4.21. The quantitative estimate of drug-likeness (QED) is 0.384. The first kappa shape index (κ1) is 21.9. The third kappa shape index (κ3) is 5.28. The van der Waals surface area contributed by atoms with Gasteiger partial charge in [-0.1, -0.05) is 36.4 Å². The molecule has 0 unspecified atom stereocenters. The number of unbranched alkanes of at least 4 members (excludes halogenated alkanes) is 1. The average molecular weight is 432 g/mol. The molecule has 0 saturated carbocycles. The van der Waals surface area contributed by atoms with Gasteiger partial charge in [0.1, 0.15) is 11.5 Å². The maximum absolute atomic E-state index is 10.7. The van der Waals surface area contributed by atoms with Crippen LogP contribution in [0.2, 0.25) is 0 Å². The van der Waals surface area contributed by atoms with E-state index >= 15 is 0 Å².